The van der Waals surface area contributed by atoms with Gasteiger partial charge in [0.15, 0.2) is 5.82 Å². The molecule has 0 amide bonds. The Kier molecular flexibility index (Phi) is 5.66. The Labute approximate surface area is 205 Å². The van der Waals surface area contributed by atoms with Crippen LogP contribution in [0.3, 0.4) is 0 Å². The summed E-state index contributed by atoms with van der Waals surface area (Å²) in [7, 11) is -1.33. The van der Waals surface area contributed by atoms with Gasteiger partial charge in [-0.2, -0.15) is 15.2 Å². The minimum atomic E-state index is -4.14. The van der Waals surface area contributed by atoms with E-state index in [1.54, 1.807) is 30.6 Å². The molecular weight excluding hydrogens is 494 g/mol. The van der Waals surface area contributed by atoms with Gasteiger partial charge in [0.2, 0.25) is 17.7 Å². The van der Waals surface area contributed by atoms with Crippen LogP contribution in [0.4, 0.5) is 5.95 Å². The molecule has 13 heteroatoms. The Balaban J connectivity index is 1.55. The average molecular weight is 512 g/mol. The number of aromatic nitrogens is 5. The molecule has 5 rings (SSSR count). The van der Waals surface area contributed by atoms with Gasteiger partial charge >= 0.3 is 0 Å². The number of anilines is 1. The summed E-state index contributed by atoms with van der Waals surface area (Å²) in [5, 5.41) is 9.94. The van der Waals surface area contributed by atoms with Crippen LogP contribution in [0.1, 0.15) is 17.9 Å². The van der Waals surface area contributed by atoms with E-state index in [0.717, 1.165) is 0 Å². The molecule has 2 atom stereocenters. The zero-order valence-corrected chi connectivity index (χ0v) is 20.1. The van der Waals surface area contributed by atoms with Crippen LogP contribution in [0.5, 0.6) is 11.8 Å². The summed E-state index contributed by atoms with van der Waals surface area (Å²) < 4.78 is 39.8. The number of nitrogens with zero attached hydrogens (tertiary/aromatic N) is 5. The molecule has 0 saturated heterocycles. The van der Waals surface area contributed by atoms with Gasteiger partial charge in [-0.1, -0.05) is 11.6 Å². The van der Waals surface area contributed by atoms with Crippen molar-refractivity contribution in [3.8, 4) is 29.2 Å². The van der Waals surface area contributed by atoms with Crippen molar-refractivity contribution in [1.82, 2.24) is 24.9 Å². The molecule has 35 heavy (non-hydrogen) atoms. The monoisotopic (exact) mass is 511 g/mol. The Hall–Kier alpha value is -3.95. The van der Waals surface area contributed by atoms with Crippen molar-refractivity contribution in [1.29, 1.82) is 5.26 Å². The molecule has 0 bridgehead atoms. The first-order chi connectivity index (χ1) is 16.9. The number of H-pyrrole nitrogens is 1. The van der Waals surface area contributed by atoms with Crippen molar-refractivity contribution in [2.75, 3.05) is 18.9 Å². The second-order valence-electron chi connectivity index (χ2n) is 7.73. The summed E-state index contributed by atoms with van der Waals surface area (Å²) >= 11 is 6.39. The maximum Gasteiger partial charge on any atom is 0.266 e. The van der Waals surface area contributed by atoms with Crippen molar-refractivity contribution in [2.24, 2.45) is 5.92 Å². The summed E-state index contributed by atoms with van der Waals surface area (Å²) in [5.41, 5.74) is 1.48. The zero-order chi connectivity index (χ0) is 24.7. The minimum Gasteiger partial charge on any atom is -0.481 e. The standard InChI is InChI=1S/C22H18ClN7O4S/c1-33-20-16(13-8-11(13)9-24)21(34-2)29-22(28-20)30-35(31,32)15-10-27-18-12(15)4-5-14(23)17(18)19-25-6-3-7-26-19/h3-7,10-11,13,27H,8H2,1-2H3,(H,28,29,30). The Morgan fingerprint density at radius 1 is 1.17 bits per heavy atom. The van der Waals surface area contributed by atoms with Crippen molar-refractivity contribution in [3.63, 3.8) is 0 Å². The molecule has 1 aliphatic rings. The van der Waals surface area contributed by atoms with E-state index in [4.69, 9.17) is 21.1 Å². The number of nitrogens with one attached hydrogen (secondary N) is 2. The Morgan fingerprint density at radius 2 is 1.86 bits per heavy atom. The van der Waals surface area contributed by atoms with Gasteiger partial charge in [0.1, 0.15) is 4.90 Å². The third-order valence-electron chi connectivity index (χ3n) is 5.66. The Bertz CT molecular complexity index is 1560. The highest BCUT2D eigenvalue weighted by Gasteiger charge is 2.44. The van der Waals surface area contributed by atoms with Gasteiger partial charge in [0.05, 0.1) is 47.9 Å². The average Bonchev–Trinajstić information content (AvgIpc) is 3.51. The number of benzene rings is 1. The predicted molar refractivity (Wildman–Crippen MR) is 127 cm³/mol. The predicted octanol–water partition coefficient (Wildman–Crippen LogP) is 3.51. The lowest BCUT2D eigenvalue weighted by Gasteiger charge is -2.13. The number of fused-ring (bicyclic) bond motifs is 1. The lowest BCUT2D eigenvalue weighted by Crippen LogP contribution is -2.16. The van der Waals surface area contributed by atoms with E-state index in [0.29, 0.717) is 39.3 Å². The van der Waals surface area contributed by atoms with Crippen LogP contribution >= 0.6 is 11.6 Å². The number of hydrogen-bond donors (Lipinski definition) is 2. The molecule has 0 radical (unpaired) electrons. The number of ether oxygens (including phenoxy) is 2. The van der Waals surface area contributed by atoms with E-state index >= 15 is 0 Å². The number of methoxy groups -OCH3 is 2. The van der Waals surface area contributed by atoms with Crippen LogP contribution in [0.25, 0.3) is 22.3 Å². The SMILES string of the molecule is COc1nc(NS(=O)(=O)c2c[nH]c3c(-c4ncccn4)c(Cl)ccc23)nc(OC)c1C1CC1C#N. The van der Waals surface area contributed by atoms with Crippen molar-refractivity contribution in [2.45, 2.75) is 17.2 Å². The van der Waals surface area contributed by atoms with Crippen LogP contribution in [-0.2, 0) is 10.0 Å². The normalized spacial score (nSPS) is 17.1. The number of rotatable bonds is 7. The van der Waals surface area contributed by atoms with Crippen molar-refractivity contribution in [3.05, 3.63) is 47.4 Å². The fourth-order valence-corrected chi connectivity index (χ4v) is 5.31. The third kappa shape index (κ3) is 3.98. The van der Waals surface area contributed by atoms with E-state index < -0.39 is 10.0 Å². The minimum absolute atomic E-state index is 0.0429. The van der Waals surface area contributed by atoms with Crippen LogP contribution in [-0.4, -0.2) is 47.6 Å². The summed E-state index contributed by atoms with van der Waals surface area (Å²) in [5.74, 6) is 0.0907. The quantitative estimate of drug-likeness (QED) is 0.379. The number of nitriles is 1. The van der Waals surface area contributed by atoms with E-state index in [1.807, 2.05) is 0 Å². The fraction of sp³-hybridized carbons (Fsp3) is 0.227. The van der Waals surface area contributed by atoms with Gasteiger partial charge in [-0.05, 0) is 24.6 Å². The van der Waals surface area contributed by atoms with E-state index in [1.165, 1.54) is 20.4 Å². The van der Waals surface area contributed by atoms with Crippen molar-refractivity contribution < 1.29 is 17.9 Å². The highest BCUT2D eigenvalue weighted by Crippen LogP contribution is 2.52. The van der Waals surface area contributed by atoms with Gasteiger partial charge in [-0.25, -0.2) is 23.1 Å². The molecule has 1 aliphatic carbocycles. The molecular formula is C22H18ClN7O4S. The molecule has 3 heterocycles. The molecule has 178 valence electrons. The van der Waals surface area contributed by atoms with E-state index in [2.05, 4.69) is 35.7 Å². The molecule has 1 aromatic carbocycles. The lowest BCUT2D eigenvalue weighted by molar-refractivity contribution is 0.363. The van der Waals surface area contributed by atoms with Gasteiger partial charge in [-0.3, -0.25) is 0 Å². The van der Waals surface area contributed by atoms with Crippen LogP contribution in [0, 0.1) is 17.2 Å². The highest BCUT2D eigenvalue weighted by atomic mass is 35.5. The molecule has 3 aromatic heterocycles. The van der Waals surface area contributed by atoms with Gasteiger partial charge in [0.25, 0.3) is 10.0 Å². The second-order valence-corrected chi connectivity index (χ2v) is 9.79. The largest absolute Gasteiger partial charge is 0.481 e. The second kappa shape index (κ2) is 8.68. The molecule has 1 saturated carbocycles. The zero-order valence-electron chi connectivity index (χ0n) is 18.5. The molecule has 4 aromatic rings. The fourth-order valence-electron chi connectivity index (χ4n) is 3.95. The third-order valence-corrected chi connectivity index (χ3v) is 7.34. The smallest absolute Gasteiger partial charge is 0.266 e. The first kappa shape index (κ1) is 22.8. The first-order valence-electron chi connectivity index (χ1n) is 10.4. The molecule has 1 fully saturated rings. The number of sulfonamides is 1. The molecule has 0 aliphatic heterocycles. The van der Waals surface area contributed by atoms with Gasteiger partial charge < -0.3 is 14.5 Å². The summed E-state index contributed by atoms with van der Waals surface area (Å²) in [6, 6.07) is 7.05. The summed E-state index contributed by atoms with van der Waals surface area (Å²) in [4.78, 5) is 19.8. The number of hydrogen-bond acceptors (Lipinski definition) is 9. The van der Waals surface area contributed by atoms with Crippen LogP contribution in [0.2, 0.25) is 5.02 Å². The van der Waals surface area contributed by atoms with Crippen LogP contribution < -0.4 is 14.2 Å². The number of halogens is 1. The van der Waals surface area contributed by atoms with Gasteiger partial charge in [-0.15, -0.1) is 0 Å². The first-order valence-corrected chi connectivity index (χ1v) is 12.2. The van der Waals surface area contributed by atoms with Crippen molar-refractivity contribution >= 4 is 38.5 Å². The molecule has 0 spiro atoms. The lowest BCUT2D eigenvalue weighted by atomic mass is 10.1. The Morgan fingerprint density at radius 3 is 2.46 bits per heavy atom. The van der Waals surface area contributed by atoms with E-state index in [-0.39, 0.29) is 34.4 Å². The highest BCUT2D eigenvalue weighted by molar-refractivity contribution is 7.93. The van der Waals surface area contributed by atoms with Crippen LogP contribution in [0.15, 0.2) is 41.7 Å². The summed E-state index contributed by atoms with van der Waals surface area (Å²) in [6.45, 7) is 0. The number of aromatic amines is 1. The van der Waals surface area contributed by atoms with E-state index in [9.17, 15) is 13.7 Å². The molecule has 2 N–H and O–H groups in total. The topological polar surface area (TPSA) is 156 Å². The molecule has 2 unspecified atom stereocenters. The summed E-state index contributed by atoms with van der Waals surface area (Å²) in [6.07, 6.45) is 5.12. The maximum atomic E-state index is 13.3. The maximum absolute atomic E-state index is 13.3. The van der Waals surface area contributed by atoms with Gasteiger partial charge in [0, 0.05) is 29.9 Å². The molecule has 11 nitrogen and oxygen atoms in total.